The van der Waals surface area contributed by atoms with Crippen LogP contribution in [0, 0.1) is 10.1 Å². The van der Waals surface area contributed by atoms with E-state index in [1.165, 1.54) is 12.2 Å². The first-order valence-electron chi connectivity index (χ1n) is 3.86. The number of rotatable bonds is 4. The maximum Gasteiger partial charge on any atom is 0.269 e. The Hall–Kier alpha value is -1.38. The zero-order valence-corrected chi connectivity index (χ0v) is 7.36. The predicted molar refractivity (Wildman–Crippen MR) is 49.3 cm³/mol. The maximum absolute atomic E-state index is 10.4. The van der Waals surface area contributed by atoms with E-state index >= 15 is 0 Å². The molecule has 0 atom stereocenters. The quantitative estimate of drug-likeness (QED) is 0.367. The third kappa shape index (κ3) is 4.44. The molecule has 66 valence electrons. The second-order valence-corrected chi connectivity index (χ2v) is 2.19. The van der Waals surface area contributed by atoms with Gasteiger partial charge in [-0.3, -0.25) is 10.1 Å². The summed E-state index contributed by atoms with van der Waals surface area (Å²) in [7, 11) is 0. The van der Waals surface area contributed by atoms with Crippen molar-refractivity contribution in [2.45, 2.75) is 20.3 Å². The highest BCUT2D eigenvalue weighted by Gasteiger charge is 2.01. The summed E-state index contributed by atoms with van der Waals surface area (Å²) in [4.78, 5) is 9.97. The predicted octanol–water partition coefficient (Wildman–Crippen LogP) is 2.69. The van der Waals surface area contributed by atoms with Gasteiger partial charge in [-0.25, -0.2) is 0 Å². The zero-order valence-electron chi connectivity index (χ0n) is 7.36. The van der Waals surface area contributed by atoms with Crippen molar-refractivity contribution in [2.75, 3.05) is 0 Å². The summed E-state index contributed by atoms with van der Waals surface area (Å²) in [6, 6.07) is 0. The van der Waals surface area contributed by atoms with Gasteiger partial charge in [0, 0.05) is 12.2 Å². The van der Waals surface area contributed by atoms with E-state index in [4.69, 9.17) is 0 Å². The SMILES string of the molecule is C/C=C/C=C(\C=C/CC)[N+](=O)[O-]. The molecule has 0 aromatic heterocycles. The number of hydrogen-bond acceptors (Lipinski definition) is 2. The van der Waals surface area contributed by atoms with Gasteiger partial charge in [0.15, 0.2) is 0 Å². The topological polar surface area (TPSA) is 43.1 Å². The normalized spacial score (nSPS) is 13.0. The summed E-state index contributed by atoms with van der Waals surface area (Å²) in [5.41, 5.74) is 0.120. The van der Waals surface area contributed by atoms with Crippen molar-refractivity contribution in [2.24, 2.45) is 0 Å². The van der Waals surface area contributed by atoms with Crippen molar-refractivity contribution < 1.29 is 4.92 Å². The van der Waals surface area contributed by atoms with Crippen LogP contribution in [-0.4, -0.2) is 4.92 Å². The number of allylic oxidation sites excluding steroid dienone is 5. The van der Waals surface area contributed by atoms with E-state index in [1.807, 2.05) is 13.8 Å². The molecule has 0 bridgehead atoms. The van der Waals surface area contributed by atoms with E-state index in [0.717, 1.165) is 6.42 Å². The van der Waals surface area contributed by atoms with Crippen molar-refractivity contribution in [3.63, 3.8) is 0 Å². The summed E-state index contributed by atoms with van der Waals surface area (Å²) in [5.74, 6) is 0. The van der Waals surface area contributed by atoms with Crippen LogP contribution in [0.3, 0.4) is 0 Å². The van der Waals surface area contributed by atoms with Crippen LogP contribution in [0.2, 0.25) is 0 Å². The molecule has 0 aromatic rings. The molecule has 0 heterocycles. The fourth-order valence-electron chi connectivity index (χ4n) is 0.611. The van der Waals surface area contributed by atoms with Crippen LogP contribution >= 0.6 is 0 Å². The van der Waals surface area contributed by atoms with E-state index in [0.29, 0.717) is 0 Å². The lowest BCUT2D eigenvalue weighted by Crippen LogP contribution is -1.94. The Morgan fingerprint density at radius 1 is 1.58 bits per heavy atom. The molecule has 0 saturated heterocycles. The van der Waals surface area contributed by atoms with Crippen LogP contribution in [0.15, 0.2) is 36.1 Å². The number of hydrogen-bond donors (Lipinski definition) is 0. The summed E-state index contributed by atoms with van der Waals surface area (Å²) in [6.45, 7) is 3.75. The van der Waals surface area contributed by atoms with Gasteiger partial charge in [-0.15, -0.1) is 0 Å². The van der Waals surface area contributed by atoms with Crippen molar-refractivity contribution >= 4 is 0 Å². The second-order valence-electron chi connectivity index (χ2n) is 2.19. The molecule has 12 heavy (non-hydrogen) atoms. The largest absolute Gasteiger partial charge is 0.269 e. The Labute approximate surface area is 72.2 Å². The third-order valence-electron chi connectivity index (χ3n) is 1.19. The third-order valence-corrected chi connectivity index (χ3v) is 1.19. The Morgan fingerprint density at radius 3 is 2.67 bits per heavy atom. The van der Waals surface area contributed by atoms with Gasteiger partial charge in [0.25, 0.3) is 5.70 Å². The molecule has 0 unspecified atom stereocenters. The monoisotopic (exact) mass is 167 g/mol. The summed E-state index contributed by atoms with van der Waals surface area (Å²) in [6.07, 6.45) is 8.97. The molecule has 0 rings (SSSR count). The standard InChI is InChI=1S/C9H13NO2/c1-3-5-7-9(10(11)12)8-6-4-2/h3,5-8H,4H2,1-2H3/b5-3+,8-6-,9-7+. The van der Waals surface area contributed by atoms with Gasteiger partial charge in [-0.05, 0) is 13.3 Å². The minimum atomic E-state index is -0.397. The van der Waals surface area contributed by atoms with Crippen LogP contribution in [-0.2, 0) is 0 Å². The molecule has 0 amide bonds. The van der Waals surface area contributed by atoms with E-state index in [2.05, 4.69) is 0 Å². The van der Waals surface area contributed by atoms with Crippen LogP contribution in [0.4, 0.5) is 0 Å². The minimum absolute atomic E-state index is 0.120. The van der Waals surface area contributed by atoms with E-state index < -0.39 is 4.92 Å². The van der Waals surface area contributed by atoms with E-state index in [9.17, 15) is 10.1 Å². The summed E-state index contributed by atoms with van der Waals surface area (Å²) >= 11 is 0. The average molecular weight is 167 g/mol. The molecule has 0 aliphatic carbocycles. The fourth-order valence-corrected chi connectivity index (χ4v) is 0.611. The van der Waals surface area contributed by atoms with Crippen molar-refractivity contribution in [1.29, 1.82) is 0 Å². The van der Waals surface area contributed by atoms with Crippen molar-refractivity contribution in [3.05, 3.63) is 46.2 Å². The average Bonchev–Trinajstić information content (AvgIpc) is 2.04. The van der Waals surface area contributed by atoms with Gasteiger partial charge in [0.05, 0.1) is 4.92 Å². The molecule has 3 nitrogen and oxygen atoms in total. The van der Waals surface area contributed by atoms with Crippen LogP contribution < -0.4 is 0 Å². The minimum Gasteiger partial charge on any atom is -0.258 e. The van der Waals surface area contributed by atoms with Crippen molar-refractivity contribution in [3.8, 4) is 0 Å². The Kier molecular flexibility index (Phi) is 5.61. The molecule has 0 spiro atoms. The lowest BCUT2D eigenvalue weighted by Gasteiger charge is -1.87. The Bertz CT molecular complexity index is 227. The molecule has 0 saturated carbocycles. The Morgan fingerprint density at radius 2 is 2.25 bits per heavy atom. The molecule has 0 N–H and O–H groups in total. The highest BCUT2D eigenvalue weighted by atomic mass is 16.6. The number of nitrogens with zero attached hydrogens (tertiary/aromatic N) is 1. The van der Waals surface area contributed by atoms with E-state index in [1.54, 1.807) is 18.2 Å². The smallest absolute Gasteiger partial charge is 0.258 e. The van der Waals surface area contributed by atoms with Crippen LogP contribution in [0.1, 0.15) is 20.3 Å². The molecular formula is C9H13NO2. The van der Waals surface area contributed by atoms with Gasteiger partial charge in [-0.2, -0.15) is 0 Å². The van der Waals surface area contributed by atoms with Gasteiger partial charge in [0.1, 0.15) is 0 Å². The van der Waals surface area contributed by atoms with Crippen LogP contribution in [0.5, 0.6) is 0 Å². The van der Waals surface area contributed by atoms with Crippen molar-refractivity contribution in [1.82, 2.24) is 0 Å². The molecule has 0 fully saturated rings. The second kappa shape index (κ2) is 6.34. The molecular weight excluding hydrogens is 154 g/mol. The fraction of sp³-hybridized carbons (Fsp3) is 0.333. The van der Waals surface area contributed by atoms with Gasteiger partial charge in [-0.1, -0.05) is 25.2 Å². The number of nitro groups is 1. The van der Waals surface area contributed by atoms with Gasteiger partial charge >= 0.3 is 0 Å². The zero-order chi connectivity index (χ0) is 9.40. The van der Waals surface area contributed by atoms with Gasteiger partial charge in [0.2, 0.25) is 0 Å². The first-order valence-corrected chi connectivity index (χ1v) is 3.86. The molecule has 3 heteroatoms. The molecule has 0 radical (unpaired) electrons. The first kappa shape index (κ1) is 10.6. The molecule has 0 aromatic carbocycles. The highest BCUT2D eigenvalue weighted by Crippen LogP contribution is 1.99. The maximum atomic E-state index is 10.4. The first-order chi connectivity index (χ1) is 5.72. The molecule has 0 aliphatic heterocycles. The lowest BCUT2D eigenvalue weighted by molar-refractivity contribution is -0.419. The molecule has 0 aliphatic rings. The van der Waals surface area contributed by atoms with Crippen LogP contribution in [0.25, 0.3) is 0 Å². The Balaban J connectivity index is 4.43. The lowest BCUT2D eigenvalue weighted by atomic mass is 10.3. The van der Waals surface area contributed by atoms with Gasteiger partial charge < -0.3 is 0 Å². The summed E-state index contributed by atoms with van der Waals surface area (Å²) < 4.78 is 0. The summed E-state index contributed by atoms with van der Waals surface area (Å²) in [5, 5.41) is 10.4. The van der Waals surface area contributed by atoms with E-state index in [-0.39, 0.29) is 5.70 Å². The highest BCUT2D eigenvalue weighted by molar-refractivity contribution is 5.16.